The molecule has 1 N–H and O–H groups in total. The SMILES string of the molecule is CC(CO)Cn1cc(C(C)(C)C#N)c2ccc(Br)cc21. The Balaban J connectivity index is 2.64. The first kappa shape index (κ1) is 15.1. The number of aromatic nitrogens is 1. The fraction of sp³-hybridized carbons (Fsp3) is 0.438. The molecule has 0 saturated heterocycles. The van der Waals surface area contributed by atoms with Gasteiger partial charge in [0.2, 0.25) is 0 Å². The Kier molecular flexibility index (Phi) is 4.22. The molecule has 0 aliphatic carbocycles. The van der Waals surface area contributed by atoms with Gasteiger partial charge < -0.3 is 9.67 Å². The second-order valence-electron chi connectivity index (χ2n) is 5.88. The zero-order valence-corrected chi connectivity index (χ0v) is 13.6. The molecule has 0 bridgehead atoms. The van der Waals surface area contributed by atoms with Crippen molar-refractivity contribution in [2.24, 2.45) is 5.92 Å². The van der Waals surface area contributed by atoms with E-state index in [0.29, 0.717) is 0 Å². The first-order valence-electron chi connectivity index (χ1n) is 6.70. The van der Waals surface area contributed by atoms with Crippen molar-refractivity contribution in [3.05, 3.63) is 34.4 Å². The lowest BCUT2D eigenvalue weighted by Gasteiger charge is -2.14. The Morgan fingerprint density at radius 1 is 1.45 bits per heavy atom. The maximum absolute atomic E-state index is 9.39. The predicted octanol–water partition coefficient (Wildman–Crippen LogP) is 3.83. The Morgan fingerprint density at radius 3 is 2.75 bits per heavy atom. The Hall–Kier alpha value is -1.31. The van der Waals surface area contributed by atoms with Crippen molar-refractivity contribution in [3.8, 4) is 6.07 Å². The highest BCUT2D eigenvalue weighted by Crippen LogP contribution is 2.33. The topological polar surface area (TPSA) is 49.0 Å². The fourth-order valence-corrected chi connectivity index (χ4v) is 2.72. The maximum Gasteiger partial charge on any atom is 0.0787 e. The number of aliphatic hydroxyl groups is 1. The third kappa shape index (κ3) is 2.74. The van der Waals surface area contributed by atoms with Crippen LogP contribution in [0.4, 0.5) is 0 Å². The minimum absolute atomic E-state index is 0.157. The van der Waals surface area contributed by atoms with Crippen molar-refractivity contribution < 1.29 is 5.11 Å². The molecule has 2 aromatic rings. The quantitative estimate of drug-likeness (QED) is 0.923. The van der Waals surface area contributed by atoms with Crippen LogP contribution in [0.2, 0.25) is 0 Å². The smallest absolute Gasteiger partial charge is 0.0787 e. The number of fused-ring (bicyclic) bond motifs is 1. The second-order valence-corrected chi connectivity index (χ2v) is 6.80. The molecule has 3 nitrogen and oxygen atoms in total. The minimum Gasteiger partial charge on any atom is -0.396 e. The average molecular weight is 335 g/mol. The molecule has 0 saturated carbocycles. The first-order valence-corrected chi connectivity index (χ1v) is 7.49. The van der Waals surface area contributed by atoms with Crippen molar-refractivity contribution in [2.75, 3.05) is 6.61 Å². The van der Waals surface area contributed by atoms with E-state index in [0.717, 1.165) is 27.5 Å². The highest BCUT2D eigenvalue weighted by atomic mass is 79.9. The molecule has 1 aromatic heterocycles. The van der Waals surface area contributed by atoms with Crippen molar-refractivity contribution in [2.45, 2.75) is 32.7 Å². The van der Waals surface area contributed by atoms with Crippen LogP contribution in [0.15, 0.2) is 28.9 Å². The summed E-state index contributed by atoms with van der Waals surface area (Å²) in [6.45, 7) is 6.78. The summed E-state index contributed by atoms with van der Waals surface area (Å²) in [5.74, 6) is 0.183. The third-order valence-corrected chi connectivity index (χ3v) is 4.11. The molecule has 0 aliphatic heterocycles. The summed E-state index contributed by atoms with van der Waals surface area (Å²) in [6.07, 6.45) is 2.05. The van der Waals surface area contributed by atoms with Gasteiger partial charge in [0.15, 0.2) is 0 Å². The molecule has 2 rings (SSSR count). The molecule has 0 spiro atoms. The summed E-state index contributed by atoms with van der Waals surface area (Å²) in [7, 11) is 0. The van der Waals surface area contributed by atoms with Crippen LogP contribution in [0.25, 0.3) is 10.9 Å². The lowest BCUT2D eigenvalue weighted by Crippen LogP contribution is -2.14. The molecular weight excluding hydrogens is 316 g/mol. The molecule has 20 heavy (non-hydrogen) atoms. The Morgan fingerprint density at radius 2 is 2.15 bits per heavy atom. The van der Waals surface area contributed by atoms with Crippen molar-refractivity contribution in [1.29, 1.82) is 5.26 Å². The molecule has 0 radical (unpaired) electrons. The molecule has 0 fully saturated rings. The lowest BCUT2D eigenvalue weighted by molar-refractivity contribution is 0.224. The van der Waals surface area contributed by atoms with E-state index in [1.165, 1.54) is 0 Å². The van der Waals surface area contributed by atoms with E-state index < -0.39 is 5.41 Å². The number of aliphatic hydroxyl groups excluding tert-OH is 1. The van der Waals surface area contributed by atoms with Crippen molar-refractivity contribution in [1.82, 2.24) is 4.57 Å². The number of halogens is 1. The monoisotopic (exact) mass is 334 g/mol. The number of hydrogen-bond donors (Lipinski definition) is 1. The van der Waals surface area contributed by atoms with Crippen LogP contribution in [-0.2, 0) is 12.0 Å². The van der Waals surface area contributed by atoms with Gasteiger partial charge in [-0.25, -0.2) is 0 Å². The highest BCUT2D eigenvalue weighted by molar-refractivity contribution is 9.10. The van der Waals surface area contributed by atoms with Gasteiger partial charge in [0, 0.05) is 34.7 Å². The van der Waals surface area contributed by atoms with E-state index >= 15 is 0 Å². The molecule has 0 amide bonds. The van der Waals surface area contributed by atoms with Crippen molar-refractivity contribution >= 4 is 26.8 Å². The molecule has 4 heteroatoms. The van der Waals surface area contributed by atoms with Crippen LogP contribution in [0, 0.1) is 17.2 Å². The fourth-order valence-electron chi connectivity index (χ4n) is 2.37. The van der Waals surface area contributed by atoms with Gasteiger partial charge in [0.1, 0.15) is 0 Å². The lowest BCUT2D eigenvalue weighted by atomic mass is 9.86. The van der Waals surface area contributed by atoms with Gasteiger partial charge in [-0.05, 0) is 37.5 Å². The van der Waals surface area contributed by atoms with Gasteiger partial charge in [-0.15, -0.1) is 0 Å². The van der Waals surface area contributed by atoms with E-state index in [9.17, 15) is 10.4 Å². The number of nitrogens with zero attached hydrogens (tertiary/aromatic N) is 2. The predicted molar refractivity (Wildman–Crippen MR) is 84.5 cm³/mol. The maximum atomic E-state index is 9.39. The van der Waals surface area contributed by atoms with Gasteiger partial charge >= 0.3 is 0 Å². The third-order valence-electron chi connectivity index (χ3n) is 3.62. The summed E-state index contributed by atoms with van der Waals surface area (Å²) in [6, 6.07) is 8.49. The van der Waals surface area contributed by atoms with Crippen LogP contribution >= 0.6 is 15.9 Å². The molecule has 1 unspecified atom stereocenters. The van der Waals surface area contributed by atoms with Gasteiger partial charge in [0.05, 0.1) is 11.5 Å². The first-order chi connectivity index (χ1) is 9.39. The van der Waals surface area contributed by atoms with Gasteiger partial charge in [-0.2, -0.15) is 5.26 Å². The Bertz CT molecular complexity index is 667. The normalized spacial score (nSPS) is 13.4. The molecule has 106 valence electrons. The second kappa shape index (κ2) is 5.59. The number of hydrogen-bond acceptors (Lipinski definition) is 2. The van der Waals surface area contributed by atoms with Crippen molar-refractivity contribution in [3.63, 3.8) is 0 Å². The number of benzene rings is 1. The number of rotatable bonds is 4. The van der Waals surface area contributed by atoms with Crippen LogP contribution in [0.3, 0.4) is 0 Å². The largest absolute Gasteiger partial charge is 0.396 e. The number of nitriles is 1. The van der Waals surface area contributed by atoms with E-state index in [4.69, 9.17) is 0 Å². The van der Waals surface area contributed by atoms with Crippen LogP contribution in [0.1, 0.15) is 26.3 Å². The molecule has 0 aliphatic rings. The van der Waals surface area contributed by atoms with E-state index in [1.807, 2.05) is 39.1 Å². The minimum atomic E-state index is -0.528. The summed E-state index contributed by atoms with van der Waals surface area (Å²) in [5, 5.41) is 19.8. The Labute approximate surface area is 128 Å². The summed E-state index contributed by atoms with van der Waals surface area (Å²) in [5.41, 5.74) is 1.60. The molecule has 1 atom stereocenters. The van der Waals surface area contributed by atoms with Gasteiger partial charge in [-0.1, -0.05) is 28.9 Å². The molecule has 1 heterocycles. The highest BCUT2D eigenvalue weighted by Gasteiger charge is 2.25. The van der Waals surface area contributed by atoms with Gasteiger partial charge in [-0.3, -0.25) is 0 Å². The van der Waals surface area contributed by atoms with Gasteiger partial charge in [0.25, 0.3) is 0 Å². The average Bonchev–Trinajstić information content (AvgIpc) is 2.77. The zero-order valence-electron chi connectivity index (χ0n) is 12.0. The summed E-state index contributed by atoms with van der Waals surface area (Å²) < 4.78 is 3.15. The van der Waals surface area contributed by atoms with Crippen LogP contribution < -0.4 is 0 Å². The summed E-state index contributed by atoms with van der Waals surface area (Å²) >= 11 is 3.50. The van der Waals surface area contributed by atoms with Crippen LogP contribution in [-0.4, -0.2) is 16.3 Å². The van der Waals surface area contributed by atoms with E-state index in [2.05, 4.69) is 32.6 Å². The summed E-state index contributed by atoms with van der Waals surface area (Å²) in [4.78, 5) is 0. The van der Waals surface area contributed by atoms with Crippen LogP contribution in [0.5, 0.6) is 0 Å². The standard InChI is InChI=1S/C16H19BrN2O/c1-11(9-20)7-19-8-14(16(2,3)10-18)13-5-4-12(17)6-15(13)19/h4-6,8,11,20H,7,9H2,1-3H3. The van der Waals surface area contributed by atoms with E-state index in [1.54, 1.807) is 0 Å². The molecular formula is C16H19BrN2O. The van der Waals surface area contributed by atoms with E-state index in [-0.39, 0.29) is 12.5 Å². The molecule has 1 aromatic carbocycles. The zero-order chi connectivity index (χ0) is 14.9.